The summed E-state index contributed by atoms with van der Waals surface area (Å²) < 4.78 is 1.02. The van der Waals surface area contributed by atoms with Crippen molar-refractivity contribution < 1.29 is 4.79 Å². The van der Waals surface area contributed by atoms with Crippen LogP contribution < -0.4 is 11.1 Å². The molecule has 4 heteroatoms. The van der Waals surface area contributed by atoms with Gasteiger partial charge >= 0.3 is 0 Å². The zero-order chi connectivity index (χ0) is 14.5. The molecule has 110 valence electrons. The van der Waals surface area contributed by atoms with Crippen LogP contribution in [0.2, 0.25) is 0 Å². The predicted octanol–water partition coefficient (Wildman–Crippen LogP) is 3.39. The van der Waals surface area contributed by atoms with E-state index >= 15 is 0 Å². The molecule has 1 aromatic carbocycles. The highest BCUT2D eigenvalue weighted by Gasteiger charge is 2.24. The maximum absolute atomic E-state index is 12.3. The van der Waals surface area contributed by atoms with E-state index in [1.165, 1.54) is 32.1 Å². The lowest BCUT2D eigenvalue weighted by molar-refractivity contribution is 0.0915. The first-order chi connectivity index (χ1) is 9.61. The molecule has 1 fully saturated rings. The first-order valence-corrected chi connectivity index (χ1v) is 8.18. The standard InChI is InChI=1S/C16H23BrN2O/c1-11-9-13(7-8-14(11)17)16(20)19-15(10-18)12-5-3-2-4-6-12/h7-9,12,15H,2-6,10,18H2,1H3,(H,19,20). The summed E-state index contributed by atoms with van der Waals surface area (Å²) in [5.74, 6) is 0.524. The molecule has 1 amide bonds. The Bertz CT molecular complexity index is 470. The van der Waals surface area contributed by atoms with Crippen LogP contribution in [0.25, 0.3) is 0 Å². The second kappa shape index (κ2) is 7.23. The summed E-state index contributed by atoms with van der Waals surface area (Å²) in [5, 5.41) is 3.12. The molecule has 0 bridgehead atoms. The Kier molecular flexibility index (Phi) is 5.61. The van der Waals surface area contributed by atoms with E-state index < -0.39 is 0 Å². The molecule has 1 aliphatic rings. The molecule has 3 nitrogen and oxygen atoms in total. The van der Waals surface area contributed by atoms with E-state index in [2.05, 4.69) is 21.2 Å². The lowest BCUT2D eigenvalue weighted by Crippen LogP contribution is -2.45. The van der Waals surface area contributed by atoms with Crippen molar-refractivity contribution in [2.45, 2.75) is 45.1 Å². The summed E-state index contributed by atoms with van der Waals surface area (Å²) in [5.41, 5.74) is 7.64. The lowest BCUT2D eigenvalue weighted by atomic mass is 9.84. The van der Waals surface area contributed by atoms with Crippen LogP contribution in [0.5, 0.6) is 0 Å². The normalized spacial score (nSPS) is 17.8. The quantitative estimate of drug-likeness (QED) is 0.883. The Morgan fingerprint density at radius 1 is 1.40 bits per heavy atom. The first-order valence-electron chi connectivity index (χ1n) is 7.39. The van der Waals surface area contributed by atoms with Gasteiger partial charge in [-0.05, 0) is 49.4 Å². The van der Waals surface area contributed by atoms with Crippen LogP contribution in [0.4, 0.5) is 0 Å². The number of amides is 1. The number of rotatable bonds is 4. The molecular formula is C16H23BrN2O. The average Bonchev–Trinajstić information content (AvgIpc) is 2.48. The molecule has 1 saturated carbocycles. The number of aryl methyl sites for hydroxylation is 1. The van der Waals surface area contributed by atoms with Gasteiger partial charge in [0, 0.05) is 22.6 Å². The molecule has 20 heavy (non-hydrogen) atoms. The Morgan fingerprint density at radius 2 is 2.10 bits per heavy atom. The van der Waals surface area contributed by atoms with Gasteiger partial charge in [0.2, 0.25) is 0 Å². The lowest BCUT2D eigenvalue weighted by Gasteiger charge is -2.30. The smallest absolute Gasteiger partial charge is 0.251 e. The maximum atomic E-state index is 12.3. The molecule has 0 spiro atoms. The highest BCUT2D eigenvalue weighted by atomic mass is 79.9. The fourth-order valence-electron chi connectivity index (χ4n) is 2.94. The minimum Gasteiger partial charge on any atom is -0.348 e. The Labute approximate surface area is 129 Å². The number of hydrogen-bond acceptors (Lipinski definition) is 2. The van der Waals surface area contributed by atoms with E-state index in [4.69, 9.17) is 5.73 Å². The van der Waals surface area contributed by atoms with Crippen LogP contribution in [0, 0.1) is 12.8 Å². The Morgan fingerprint density at radius 3 is 2.70 bits per heavy atom. The number of halogens is 1. The van der Waals surface area contributed by atoms with E-state index in [0.717, 1.165) is 10.0 Å². The van der Waals surface area contributed by atoms with Gasteiger partial charge in [-0.15, -0.1) is 0 Å². The summed E-state index contributed by atoms with van der Waals surface area (Å²) in [6, 6.07) is 5.78. The van der Waals surface area contributed by atoms with Crippen molar-refractivity contribution in [3.05, 3.63) is 33.8 Å². The largest absolute Gasteiger partial charge is 0.348 e. The zero-order valence-corrected chi connectivity index (χ0v) is 13.6. The average molecular weight is 339 g/mol. The minimum absolute atomic E-state index is 0.0124. The molecule has 0 heterocycles. The topological polar surface area (TPSA) is 55.1 Å². The highest BCUT2D eigenvalue weighted by Crippen LogP contribution is 2.26. The van der Waals surface area contributed by atoms with Crippen molar-refractivity contribution in [1.29, 1.82) is 0 Å². The summed E-state index contributed by atoms with van der Waals surface area (Å²) in [7, 11) is 0. The second-order valence-electron chi connectivity index (χ2n) is 5.68. The second-order valence-corrected chi connectivity index (χ2v) is 6.53. The SMILES string of the molecule is Cc1cc(C(=O)NC(CN)C2CCCCC2)ccc1Br. The van der Waals surface area contributed by atoms with Gasteiger partial charge in [0.25, 0.3) is 5.91 Å². The van der Waals surface area contributed by atoms with E-state index in [1.54, 1.807) is 0 Å². The third-order valence-electron chi connectivity index (χ3n) is 4.21. The monoisotopic (exact) mass is 338 g/mol. The van der Waals surface area contributed by atoms with Gasteiger partial charge < -0.3 is 11.1 Å². The number of nitrogens with two attached hydrogens (primary N) is 1. The van der Waals surface area contributed by atoms with Gasteiger partial charge in [-0.25, -0.2) is 0 Å². The van der Waals surface area contributed by atoms with Crippen molar-refractivity contribution in [2.24, 2.45) is 11.7 Å². The summed E-state index contributed by atoms with van der Waals surface area (Å²) >= 11 is 3.45. The molecule has 1 atom stereocenters. The van der Waals surface area contributed by atoms with E-state index in [1.807, 2.05) is 25.1 Å². The number of carbonyl (C=O) groups is 1. The Balaban J connectivity index is 2.02. The molecule has 1 aliphatic carbocycles. The highest BCUT2D eigenvalue weighted by molar-refractivity contribution is 9.10. The summed E-state index contributed by atoms with van der Waals surface area (Å²) in [6.07, 6.45) is 6.19. The van der Waals surface area contributed by atoms with Crippen molar-refractivity contribution in [2.75, 3.05) is 6.54 Å². The number of hydrogen-bond donors (Lipinski definition) is 2. The van der Waals surface area contributed by atoms with Crippen LogP contribution in [0.3, 0.4) is 0 Å². The van der Waals surface area contributed by atoms with Gasteiger partial charge in [0.15, 0.2) is 0 Å². The van der Waals surface area contributed by atoms with Crippen molar-refractivity contribution in [3.8, 4) is 0 Å². The number of carbonyl (C=O) groups excluding carboxylic acids is 1. The molecule has 0 radical (unpaired) electrons. The van der Waals surface area contributed by atoms with Crippen molar-refractivity contribution in [1.82, 2.24) is 5.32 Å². The molecule has 0 aliphatic heterocycles. The molecule has 0 aromatic heterocycles. The third kappa shape index (κ3) is 3.83. The van der Waals surface area contributed by atoms with Crippen LogP contribution in [0.1, 0.15) is 48.0 Å². The van der Waals surface area contributed by atoms with Gasteiger partial charge in [-0.1, -0.05) is 35.2 Å². The van der Waals surface area contributed by atoms with E-state index in [0.29, 0.717) is 18.0 Å². The fourth-order valence-corrected chi connectivity index (χ4v) is 3.19. The maximum Gasteiger partial charge on any atom is 0.251 e. The Hall–Kier alpha value is -0.870. The zero-order valence-electron chi connectivity index (χ0n) is 12.0. The van der Waals surface area contributed by atoms with Crippen molar-refractivity contribution >= 4 is 21.8 Å². The van der Waals surface area contributed by atoms with Crippen LogP contribution in [-0.4, -0.2) is 18.5 Å². The molecule has 1 aromatic rings. The molecule has 0 saturated heterocycles. The fraction of sp³-hybridized carbons (Fsp3) is 0.562. The predicted molar refractivity (Wildman–Crippen MR) is 85.8 cm³/mol. The van der Waals surface area contributed by atoms with Crippen LogP contribution >= 0.6 is 15.9 Å². The first kappa shape index (κ1) is 15.5. The van der Waals surface area contributed by atoms with Gasteiger partial charge in [-0.3, -0.25) is 4.79 Å². The summed E-state index contributed by atoms with van der Waals surface area (Å²) in [4.78, 5) is 12.3. The van der Waals surface area contributed by atoms with Crippen molar-refractivity contribution in [3.63, 3.8) is 0 Å². The van der Waals surface area contributed by atoms with E-state index in [9.17, 15) is 4.79 Å². The summed E-state index contributed by atoms with van der Waals surface area (Å²) in [6.45, 7) is 2.51. The number of benzene rings is 1. The minimum atomic E-state index is -0.0124. The van der Waals surface area contributed by atoms with Gasteiger partial charge in [-0.2, -0.15) is 0 Å². The molecule has 3 N–H and O–H groups in total. The number of nitrogens with one attached hydrogen (secondary N) is 1. The van der Waals surface area contributed by atoms with Crippen LogP contribution in [-0.2, 0) is 0 Å². The molecule has 2 rings (SSSR count). The molecule has 1 unspecified atom stereocenters. The van der Waals surface area contributed by atoms with E-state index in [-0.39, 0.29) is 11.9 Å². The van der Waals surface area contributed by atoms with Gasteiger partial charge in [0.1, 0.15) is 0 Å². The van der Waals surface area contributed by atoms with Crippen LogP contribution in [0.15, 0.2) is 22.7 Å². The third-order valence-corrected chi connectivity index (χ3v) is 5.10. The van der Waals surface area contributed by atoms with Gasteiger partial charge in [0.05, 0.1) is 0 Å². The molecular weight excluding hydrogens is 316 g/mol.